The molecule has 0 spiro atoms. The van der Waals surface area contributed by atoms with Crippen LogP contribution in [0.15, 0.2) is 66.9 Å². The molecule has 3 rings (SSSR count). The second kappa shape index (κ2) is 4.75. The summed E-state index contributed by atoms with van der Waals surface area (Å²) in [6.07, 6.45) is 4.11. The molecule has 2 aromatic carbocycles. The van der Waals surface area contributed by atoms with Crippen molar-refractivity contribution in [2.24, 2.45) is 0 Å². The van der Waals surface area contributed by atoms with E-state index in [0.717, 1.165) is 10.7 Å². The fraction of sp³-hybridized carbons (Fsp3) is 0.0667. The summed E-state index contributed by atoms with van der Waals surface area (Å²) in [6.45, 7) is 0. The van der Waals surface area contributed by atoms with Gasteiger partial charge in [-0.05, 0) is 35.9 Å². The van der Waals surface area contributed by atoms with Crippen LogP contribution in [0.3, 0.4) is 0 Å². The van der Waals surface area contributed by atoms with Gasteiger partial charge in [-0.1, -0.05) is 41.9 Å². The average molecular weight is 257 g/mol. The number of rotatable bonds is 2. The van der Waals surface area contributed by atoms with Crippen molar-refractivity contribution in [3.05, 3.63) is 77.5 Å². The number of nitrogens with one attached hydrogen (secondary N) is 1. The van der Waals surface area contributed by atoms with Gasteiger partial charge in [0.1, 0.15) is 0 Å². The Morgan fingerprint density at radius 2 is 1.67 bits per heavy atom. The molecule has 0 fully saturated rings. The summed E-state index contributed by atoms with van der Waals surface area (Å²) in [5, 5.41) is 2.87. The summed E-state index contributed by atoms with van der Waals surface area (Å²) in [5.41, 5.74) is 5.60. The first-order valence-corrected chi connectivity index (χ1v) is 6.25. The largest absolute Gasteiger partial charge is 0.305 e. The Hall–Kier alpha value is -1.93. The molecule has 0 amide bonds. The first kappa shape index (κ1) is 11.2. The predicted octanol–water partition coefficient (Wildman–Crippen LogP) is 3.92. The Bertz CT molecular complexity index is 548. The van der Waals surface area contributed by atoms with E-state index in [-0.39, 0.29) is 6.04 Å². The minimum atomic E-state index is 0.215. The van der Waals surface area contributed by atoms with Gasteiger partial charge in [-0.2, -0.15) is 0 Å². The van der Waals surface area contributed by atoms with Gasteiger partial charge in [-0.3, -0.25) is 5.01 Å². The van der Waals surface area contributed by atoms with E-state index in [4.69, 9.17) is 11.6 Å². The number of benzene rings is 2. The van der Waals surface area contributed by atoms with E-state index < -0.39 is 0 Å². The van der Waals surface area contributed by atoms with Crippen LogP contribution in [0, 0.1) is 0 Å². The third kappa shape index (κ3) is 2.07. The summed E-state index contributed by atoms with van der Waals surface area (Å²) < 4.78 is 0. The summed E-state index contributed by atoms with van der Waals surface area (Å²) in [5.74, 6) is 0. The minimum absolute atomic E-state index is 0.215. The number of nitrogens with zero attached hydrogens (tertiary/aromatic N) is 1. The van der Waals surface area contributed by atoms with Gasteiger partial charge in [0.05, 0.1) is 11.7 Å². The zero-order valence-corrected chi connectivity index (χ0v) is 10.5. The lowest BCUT2D eigenvalue weighted by atomic mass is 10.1. The topological polar surface area (TPSA) is 15.3 Å². The molecule has 3 heteroatoms. The highest BCUT2D eigenvalue weighted by molar-refractivity contribution is 6.30. The Balaban J connectivity index is 1.91. The first-order chi connectivity index (χ1) is 8.84. The van der Waals surface area contributed by atoms with Crippen molar-refractivity contribution >= 4 is 17.3 Å². The zero-order chi connectivity index (χ0) is 12.4. The molecule has 0 saturated carbocycles. The molecule has 0 aliphatic carbocycles. The van der Waals surface area contributed by atoms with Gasteiger partial charge in [-0.15, -0.1) is 0 Å². The Morgan fingerprint density at radius 3 is 2.39 bits per heavy atom. The average Bonchev–Trinajstić information content (AvgIpc) is 2.90. The fourth-order valence-corrected chi connectivity index (χ4v) is 2.25. The second-order valence-electron chi connectivity index (χ2n) is 4.19. The van der Waals surface area contributed by atoms with Crippen LogP contribution in [-0.2, 0) is 0 Å². The highest BCUT2D eigenvalue weighted by atomic mass is 35.5. The lowest BCUT2D eigenvalue weighted by Gasteiger charge is -2.27. The highest BCUT2D eigenvalue weighted by Crippen LogP contribution is 2.30. The number of anilines is 1. The maximum Gasteiger partial charge on any atom is 0.0952 e. The van der Waals surface area contributed by atoms with Crippen molar-refractivity contribution in [1.29, 1.82) is 0 Å². The molecule has 1 N–H and O–H groups in total. The zero-order valence-electron chi connectivity index (χ0n) is 9.75. The van der Waals surface area contributed by atoms with Crippen LogP contribution in [0.5, 0.6) is 0 Å². The van der Waals surface area contributed by atoms with Crippen LogP contribution in [0.2, 0.25) is 5.02 Å². The van der Waals surface area contributed by atoms with Gasteiger partial charge in [0.2, 0.25) is 0 Å². The molecule has 1 aliphatic heterocycles. The van der Waals surface area contributed by atoms with Crippen molar-refractivity contribution in [1.82, 2.24) is 5.43 Å². The molecule has 1 heterocycles. The van der Waals surface area contributed by atoms with Crippen LogP contribution in [0.4, 0.5) is 5.69 Å². The maximum absolute atomic E-state index is 5.92. The molecule has 2 aromatic rings. The molecule has 0 aromatic heterocycles. The summed E-state index contributed by atoms with van der Waals surface area (Å²) in [6, 6.07) is 18.4. The van der Waals surface area contributed by atoms with Gasteiger partial charge in [0.25, 0.3) is 0 Å². The molecule has 1 aliphatic rings. The normalized spacial score (nSPS) is 17.8. The summed E-state index contributed by atoms with van der Waals surface area (Å²) >= 11 is 5.92. The maximum atomic E-state index is 5.92. The molecular formula is C15H13ClN2. The summed E-state index contributed by atoms with van der Waals surface area (Å²) in [4.78, 5) is 0. The van der Waals surface area contributed by atoms with Crippen molar-refractivity contribution in [3.8, 4) is 0 Å². The van der Waals surface area contributed by atoms with Gasteiger partial charge in [0, 0.05) is 11.2 Å². The smallest absolute Gasteiger partial charge is 0.0952 e. The van der Waals surface area contributed by atoms with Crippen LogP contribution < -0.4 is 10.4 Å². The summed E-state index contributed by atoms with van der Waals surface area (Å²) in [7, 11) is 0. The second-order valence-corrected chi connectivity index (χ2v) is 4.63. The molecule has 18 heavy (non-hydrogen) atoms. The molecular weight excluding hydrogens is 244 g/mol. The Kier molecular flexibility index (Phi) is 2.95. The SMILES string of the molecule is Clc1ccc(N2NC=CC2c2ccccc2)cc1. The van der Waals surface area contributed by atoms with Crippen molar-refractivity contribution in [3.63, 3.8) is 0 Å². The van der Waals surface area contributed by atoms with E-state index in [2.05, 4.69) is 40.8 Å². The molecule has 0 saturated heterocycles. The van der Waals surface area contributed by atoms with E-state index in [9.17, 15) is 0 Å². The fourth-order valence-electron chi connectivity index (χ4n) is 2.13. The molecule has 90 valence electrons. The monoisotopic (exact) mass is 256 g/mol. The van der Waals surface area contributed by atoms with E-state index in [0.29, 0.717) is 0 Å². The van der Waals surface area contributed by atoms with Crippen LogP contribution >= 0.6 is 11.6 Å². The number of hydrogen-bond donors (Lipinski definition) is 1. The molecule has 0 bridgehead atoms. The molecule has 0 radical (unpaired) electrons. The standard InChI is InChI=1S/C15H13ClN2/c16-13-6-8-14(9-7-13)18-15(10-11-17-18)12-4-2-1-3-5-12/h1-11,15,17H. The van der Waals surface area contributed by atoms with Gasteiger partial charge in [-0.25, -0.2) is 0 Å². The third-order valence-corrected chi connectivity index (χ3v) is 3.27. The first-order valence-electron chi connectivity index (χ1n) is 5.87. The number of hydrazine groups is 1. The third-order valence-electron chi connectivity index (χ3n) is 3.02. The molecule has 1 unspecified atom stereocenters. The van der Waals surface area contributed by atoms with E-state index in [1.54, 1.807) is 0 Å². The lowest BCUT2D eigenvalue weighted by molar-refractivity contribution is 0.718. The number of hydrogen-bond acceptors (Lipinski definition) is 2. The Morgan fingerprint density at radius 1 is 0.944 bits per heavy atom. The quantitative estimate of drug-likeness (QED) is 0.876. The predicted molar refractivity (Wildman–Crippen MR) is 75.4 cm³/mol. The lowest BCUT2D eigenvalue weighted by Crippen LogP contribution is -2.32. The Labute approximate surface area is 111 Å². The van der Waals surface area contributed by atoms with Crippen LogP contribution in [0.25, 0.3) is 0 Å². The van der Waals surface area contributed by atoms with Gasteiger partial charge < -0.3 is 5.43 Å². The van der Waals surface area contributed by atoms with E-state index >= 15 is 0 Å². The van der Waals surface area contributed by atoms with Crippen molar-refractivity contribution in [2.75, 3.05) is 5.01 Å². The van der Waals surface area contributed by atoms with Gasteiger partial charge >= 0.3 is 0 Å². The van der Waals surface area contributed by atoms with Crippen LogP contribution in [-0.4, -0.2) is 0 Å². The molecule has 2 nitrogen and oxygen atoms in total. The number of halogens is 1. The van der Waals surface area contributed by atoms with Crippen molar-refractivity contribution < 1.29 is 0 Å². The van der Waals surface area contributed by atoms with Crippen molar-refractivity contribution in [2.45, 2.75) is 6.04 Å². The van der Waals surface area contributed by atoms with Crippen LogP contribution in [0.1, 0.15) is 11.6 Å². The van der Waals surface area contributed by atoms with Gasteiger partial charge in [0.15, 0.2) is 0 Å². The minimum Gasteiger partial charge on any atom is -0.305 e. The van der Waals surface area contributed by atoms with E-state index in [1.165, 1.54) is 5.56 Å². The highest BCUT2D eigenvalue weighted by Gasteiger charge is 2.21. The molecule has 1 atom stereocenters. The van der Waals surface area contributed by atoms with E-state index in [1.807, 2.05) is 36.5 Å².